The van der Waals surface area contributed by atoms with E-state index in [0.717, 1.165) is 15.5 Å². The van der Waals surface area contributed by atoms with Gasteiger partial charge in [-0.1, -0.05) is 18.2 Å². The Morgan fingerprint density at radius 2 is 2.18 bits per heavy atom. The zero-order chi connectivity index (χ0) is 15.4. The minimum absolute atomic E-state index is 0.0296. The molecule has 5 nitrogen and oxygen atoms in total. The Hall–Kier alpha value is -2.12. The van der Waals surface area contributed by atoms with Crippen LogP contribution >= 0.6 is 23.1 Å². The predicted molar refractivity (Wildman–Crippen MR) is 89.6 cm³/mol. The molecule has 1 aliphatic rings. The molecule has 22 heavy (non-hydrogen) atoms. The second-order valence-corrected chi connectivity index (χ2v) is 6.54. The Labute approximate surface area is 136 Å². The van der Waals surface area contributed by atoms with E-state index in [9.17, 15) is 9.59 Å². The van der Waals surface area contributed by atoms with Crippen molar-refractivity contribution in [3.63, 3.8) is 0 Å². The van der Waals surface area contributed by atoms with Crippen LogP contribution in [0.5, 0.6) is 0 Å². The topological polar surface area (TPSA) is 61.8 Å². The minimum atomic E-state index is -0.317. The summed E-state index contributed by atoms with van der Waals surface area (Å²) in [6.07, 6.45) is 1.59. The molecule has 7 heteroatoms. The van der Waals surface area contributed by atoms with E-state index in [1.165, 1.54) is 28.0 Å². The van der Waals surface area contributed by atoms with Crippen molar-refractivity contribution in [1.82, 2.24) is 5.43 Å². The number of carbonyl (C=O) groups excluding carboxylic acids is 2. The molecule has 1 aliphatic heterocycles. The molecule has 112 valence electrons. The van der Waals surface area contributed by atoms with Gasteiger partial charge in [-0.25, -0.2) is 5.43 Å². The molecular formula is C15H13N3O2S2. The number of anilines is 1. The lowest BCUT2D eigenvalue weighted by Crippen LogP contribution is -2.42. The van der Waals surface area contributed by atoms with Crippen LogP contribution in [0, 0.1) is 0 Å². The molecule has 0 radical (unpaired) electrons. The normalized spacial score (nSPS) is 14.2. The minimum Gasteiger partial charge on any atom is -0.301 e. The zero-order valence-corrected chi connectivity index (χ0v) is 13.2. The van der Waals surface area contributed by atoms with Gasteiger partial charge in [0.1, 0.15) is 6.54 Å². The van der Waals surface area contributed by atoms with Crippen molar-refractivity contribution in [3.8, 4) is 0 Å². The molecule has 0 saturated heterocycles. The van der Waals surface area contributed by atoms with Gasteiger partial charge < -0.3 is 4.90 Å². The molecule has 0 bridgehead atoms. The summed E-state index contributed by atoms with van der Waals surface area (Å²) in [6.45, 7) is -0.0296. The number of hydrogen-bond donors (Lipinski definition) is 1. The maximum atomic E-state index is 12.0. The summed E-state index contributed by atoms with van der Waals surface area (Å²) < 4.78 is 0. The number of nitrogens with one attached hydrogen (secondary N) is 1. The summed E-state index contributed by atoms with van der Waals surface area (Å²) in [5.41, 5.74) is 3.23. The molecule has 0 unspecified atom stereocenters. The summed E-state index contributed by atoms with van der Waals surface area (Å²) in [6, 6.07) is 11.4. The van der Waals surface area contributed by atoms with E-state index in [4.69, 9.17) is 0 Å². The van der Waals surface area contributed by atoms with E-state index in [-0.39, 0.29) is 18.4 Å². The van der Waals surface area contributed by atoms with Crippen LogP contribution in [0.2, 0.25) is 0 Å². The first-order valence-corrected chi connectivity index (χ1v) is 8.48. The van der Waals surface area contributed by atoms with Crippen molar-refractivity contribution in [2.45, 2.75) is 4.90 Å². The first kappa shape index (κ1) is 14.8. The van der Waals surface area contributed by atoms with E-state index in [1.54, 1.807) is 6.21 Å². The summed E-state index contributed by atoms with van der Waals surface area (Å²) in [7, 11) is 0. The maximum Gasteiger partial charge on any atom is 0.260 e. The number of thioether (sulfide) groups is 1. The molecule has 0 fully saturated rings. The molecule has 2 heterocycles. The summed E-state index contributed by atoms with van der Waals surface area (Å²) in [5.74, 6) is -0.0353. The number of hydrogen-bond acceptors (Lipinski definition) is 5. The van der Waals surface area contributed by atoms with Crippen LogP contribution < -0.4 is 10.3 Å². The van der Waals surface area contributed by atoms with Crippen LogP contribution in [0.4, 0.5) is 5.69 Å². The van der Waals surface area contributed by atoms with E-state index in [1.807, 2.05) is 41.8 Å². The highest BCUT2D eigenvalue weighted by atomic mass is 32.2. The highest BCUT2D eigenvalue weighted by Gasteiger charge is 2.25. The van der Waals surface area contributed by atoms with Crippen LogP contribution in [0.3, 0.4) is 0 Å². The Morgan fingerprint density at radius 1 is 1.32 bits per heavy atom. The van der Waals surface area contributed by atoms with Gasteiger partial charge in [0.25, 0.3) is 5.91 Å². The Balaban J connectivity index is 1.65. The van der Waals surface area contributed by atoms with Gasteiger partial charge in [0.15, 0.2) is 0 Å². The molecule has 3 rings (SSSR count). The standard InChI is InChI=1S/C15H13N3O2S2/c19-14(17-16-8-11-4-3-7-21-11)9-18-12-5-1-2-6-13(12)22-10-15(18)20/h1-8H,9-10H2,(H,17,19). The van der Waals surface area contributed by atoms with Gasteiger partial charge in [0.2, 0.25) is 5.91 Å². The lowest BCUT2D eigenvalue weighted by molar-refractivity contribution is -0.122. The van der Waals surface area contributed by atoms with E-state index in [0.29, 0.717) is 5.75 Å². The summed E-state index contributed by atoms with van der Waals surface area (Å²) >= 11 is 3.03. The molecule has 2 amide bonds. The van der Waals surface area contributed by atoms with Gasteiger partial charge in [0, 0.05) is 9.77 Å². The average molecular weight is 331 g/mol. The van der Waals surface area contributed by atoms with Gasteiger partial charge in [0.05, 0.1) is 17.7 Å². The van der Waals surface area contributed by atoms with Crippen molar-refractivity contribution < 1.29 is 9.59 Å². The van der Waals surface area contributed by atoms with Gasteiger partial charge in [-0.3, -0.25) is 9.59 Å². The predicted octanol–water partition coefficient (Wildman–Crippen LogP) is 2.34. The largest absolute Gasteiger partial charge is 0.301 e. The zero-order valence-electron chi connectivity index (χ0n) is 11.6. The molecule has 1 N–H and O–H groups in total. The van der Waals surface area contributed by atoms with E-state index < -0.39 is 0 Å². The van der Waals surface area contributed by atoms with Gasteiger partial charge >= 0.3 is 0 Å². The first-order chi connectivity index (χ1) is 10.7. The average Bonchev–Trinajstić information content (AvgIpc) is 3.03. The van der Waals surface area contributed by atoms with Crippen molar-refractivity contribution in [3.05, 3.63) is 46.7 Å². The first-order valence-electron chi connectivity index (χ1n) is 6.61. The molecule has 1 aromatic carbocycles. The number of rotatable bonds is 4. The molecule has 0 atom stereocenters. The third kappa shape index (κ3) is 3.37. The number of nitrogens with zero attached hydrogens (tertiary/aromatic N) is 2. The number of para-hydroxylation sites is 1. The second kappa shape index (κ2) is 6.76. The van der Waals surface area contributed by atoms with Crippen LogP contribution in [-0.4, -0.2) is 30.3 Å². The maximum absolute atomic E-state index is 12.0. The Bertz CT molecular complexity index is 713. The monoisotopic (exact) mass is 331 g/mol. The second-order valence-electron chi connectivity index (χ2n) is 4.54. The number of fused-ring (bicyclic) bond motifs is 1. The van der Waals surface area contributed by atoms with Crippen LogP contribution in [0.1, 0.15) is 4.88 Å². The third-order valence-corrected chi connectivity index (χ3v) is 4.89. The van der Waals surface area contributed by atoms with Crippen molar-refractivity contribution in [2.24, 2.45) is 5.10 Å². The fraction of sp³-hybridized carbons (Fsp3) is 0.133. The Morgan fingerprint density at radius 3 is 3.00 bits per heavy atom. The lowest BCUT2D eigenvalue weighted by Gasteiger charge is -2.27. The fourth-order valence-electron chi connectivity index (χ4n) is 2.04. The number of hydrazone groups is 1. The third-order valence-electron chi connectivity index (χ3n) is 3.03. The van der Waals surface area contributed by atoms with Crippen LogP contribution in [0.15, 0.2) is 51.8 Å². The van der Waals surface area contributed by atoms with Gasteiger partial charge in [-0.2, -0.15) is 5.10 Å². The molecule has 1 aromatic heterocycles. The smallest absolute Gasteiger partial charge is 0.260 e. The summed E-state index contributed by atoms with van der Waals surface area (Å²) in [4.78, 5) is 27.5. The number of benzene rings is 1. The highest BCUT2D eigenvalue weighted by molar-refractivity contribution is 8.00. The van der Waals surface area contributed by atoms with Crippen LogP contribution in [-0.2, 0) is 9.59 Å². The number of thiophene rings is 1. The molecule has 0 saturated carbocycles. The van der Waals surface area contributed by atoms with Crippen LogP contribution in [0.25, 0.3) is 0 Å². The molecular weight excluding hydrogens is 318 g/mol. The number of carbonyl (C=O) groups is 2. The summed E-state index contributed by atoms with van der Waals surface area (Å²) in [5, 5.41) is 5.84. The molecule has 0 spiro atoms. The SMILES string of the molecule is O=C(CN1C(=O)CSc2ccccc21)NN=Cc1cccs1. The van der Waals surface area contributed by atoms with E-state index >= 15 is 0 Å². The van der Waals surface area contributed by atoms with Crippen molar-refractivity contribution >= 4 is 46.8 Å². The fourth-order valence-corrected chi connectivity index (χ4v) is 3.56. The quantitative estimate of drug-likeness (QED) is 0.691. The van der Waals surface area contributed by atoms with Crippen molar-refractivity contribution in [2.75, 3.05) is 17.2 Å². The molecule has 0 aliphatic carbocycles. The highest BCUT2D eigenvalue weighted by Crippen LogP contribution is 2.34. The lowest BCUT2D eigenvalue weighted by atomic mass is 10.2. The van der Waals surface area contributed by atoms with Crippen molar-refractivity contribution in [1.29, 1.82) is 0 Å². The number of amides is 2. The molecule has 2 aromatic rings. The Kier molecular flexibility index (Phi) is 4.55. The van der Waals surface area contributed by atoms with Gasteiger partial charge in [-0.15, -0.1) is 23.1 Å². The van der Waals surface area contributed by atoms with E-state index in [2.05, 4.69) is 10.5 Å². The van der Waals surface area contributed by atoms with Gasteiger partial charge in [-0.05, 0) is 23.6 Å².